The summed E-state index contributed by atoms with van der Waals surface area (Å²) < 4.78 is 14.4. The standard InChI is InChI=1S/C32H45F/c1-3-5-6-7-8-9-11-32(33)31-24-18-28(19-25-31)13-12-27-16-22-30(23-17-27)29-20-14-26(10-4-2)15-21-29/h11,16-19,22-26,29H,3-10,12-15,20-21H2,1-2H3/b32-11+. The van der Waals surface area contributed by atoms with Crippen LogP contribution in [-0.4, -0.2) is 0 Å². The fourth-order valence-corrected chi connectivity index (χ4v) is 5.36. The Labute approximate surface area is 202 Å². The third-order valence-electron chi connectivity index (χ3n) is 7.56. The first-order valence-corrected chi connectivity index (χ1v) is 13.7. The molecule has 0 unspecified atom stereocenters. The molecule has 0 spiro atoms. The van der Waals surface area contributed by atoms with Gasteiger partial charge >= 0.3 is 0 Å². The molecule has 1 fully saturated rings. The minimum Gasteiger partial charge on any atom is -0.207 e. The molecular weight excluding hydrogens is 403 g/mol. The van der Waals surface area contributed by atoms with Crippen molar-refractivity contribution in [3.8, 4) is 0 Å². The molecule has 0 bridgehead atoms. The summed E-state index contributed by atoms with van der Waals surface area (Å²) in [5.41, 5.74) is 4.93. The summed E-state index contributed by atoms with van der Waals surface area (Å²) in [7, 11) is 0. The van der Waals surface area contributed by atoms with Gasteiger partial charge in [0.05, 0.1) is 0 Å². The van der Waals surface area contributed by atoms with E-state index in [0.717, 1.165) is 37.5 Å². The Bertz CT molecular complexity index is 807. The second kappa shape index (κ2) is 14.4. The van der Waals surface area contributed by atoms with Crippen LogP contribution in [0.25, 0.3) is 5.83 Å². The van der Waals surface area contributed by atoms with Crippen LogP contribution in [0.5, 0.6) is 0 Å². The molecule has 1 saturated carbocycles. The molecule has 0 N–H and O–H groups in total. The second-order valence-corrected chi connectivity index (χ2v) is 10.2. The van der Waals surface area contributed by atoms with E-state index in [-0.39, 0.29) is 5.83 Å². The minimum atomic E-state index is -0.0728. The van der Waals surface area contributed by atoms with Crippen molar-refractivity contribution < 1.29 is 4.39 Å². The molecule has 0 aliphatic heterocycles. The number of aryl methyl sites for hydroxylation is 2. The fourth-order valence-electron chi connectivity index (χ4n) is 5.36. The Morgan fingerprint density at radius 1 is 0.758 bits per heavy atom. The van der Waals surface area contributed by atoms with Crippen LogP contribution in [0.2, 0.25) is 0 Å². The highest BCUT2D eigenvalue weighted by Gasteiger charge is 2.21. The van der Waals surface area contributed by atoms with E-state index in [1.807, 2.05) is 12.1 Å². The molecular formula is C32H45F. The molecule has 0 aromatic heterocycles. The fraction of sp³-hybridized carbons (Fsp3) is 0.562. The van der Waals surface area contributed by atoms with Crippen LogP contribution in [0.15, 0.2) is 54.6 Å². The van der Waals surface area contributed by atoms with E-state index >= 15 is 0 Å². The highest BCUT2D eigenvalue weighted by Crippen LogP contribution is 2.37. The van der Waals surface area contributed by atoms with Crippen LogP contribution in [-0.2, 0) is 12.8 Å². The van der Waals surface area contributed by atoms with Crippen LogP contribution in [0.3, 0.4) is 0 Å². The molecule has 1 aliphatic carbocycles. The average molecular weight is 449 g/mol. The highest BCUT2D eigenvalue weighted by molar-refractivity contribution is 5.59. The van der Waals surface area contributed by atoms with Crippen LogP contribution >= 0.6 is 0 Å². The smallest absolute Gasteiger partial charge is 0.126 e. The Balaban J connectivity index is 1.42. The van der Waals surface area contributed by atoms with Crippen LogP contribution in [0, 0.1) is 5.92 Å². The van der Waals surface area contributed by atoms with E-state index in [4.69, 9.17) is 0 Å². The number of hydrogen-bond donors (Lipinski definition) is 0. The highest BCUT2D eigenvalue weighted by atomic mass is 19.1. The summed E-state index contributed by atoms with van der Waals surface area (Å²) in [6.07, 6.45) is 19.0. The second-order valence-electron chi connectivity index (χ2n) is 10.2. The lowest BCUT2D eigenvalue weighted by atomic mass is 9.77. The number of halogens is 1. The van der Waals surface area contributed by atoms with Crippen molar-refractivity contribution in [3.05, 3.63) is 76.9 Å². The molecule has 0 saturated heterocycles. The summed E-state index contributed by atoms with van der Waals surface area (Å²) in [6.45, 7) is 4.53. The third kappa shape index (κ3) is 8.76. The van der Waals surface area contributed by atoms with E-state index in [0.29, 0.717) is 5.56 Å². The zero-order valence-electron chi connectivity index (χ0n) is 21.1. The van der Waals surface area contributed by atoms with Crippen molar-refractivity contribution in [1.82, 2.24) is 0 Å². The Morgan fingerprint density at radius 3 is 1.97 bits per heavy atom. The van der Waals surface area contributed by atoms with Crippen molar-refractivity contribution in [3.63, 3.8) is 0 Å². The van der Waals surface area contributed by atoms with Gasteiger partial charge in [0.25, 0.3) is 0 Å². The van der Waals surface area contributed by atoms with Gasteiger partial charge < -0.3 is 0 Å². The van der Waals surface area contributed by atoms with E-state index in [1.165, 1.54) is 80.9 Å². The van der Waals surface area contributed by atoms with Crippen molar-refractivity contribution in [1.29, 1.82) is 0 Å². The van der Waals surface area contributed by atoms with Gasteiger partial charge in [-0.2, -0.15) is 0 Å². The number of hydrogen-bond acceptors (Lipinski definition) is 0. The summed E-state index contributed by atoms with van der Waals surface area (Å²) in [5.74, 6) is 1.66. The molecule has 0 atom stereocenters. The first-order chi connectivity index (χ1) is 16.2. The minimum absolute atomic E-state index is 0.0728. The van der Waals surface area contributed by atoms with Crippen molar-refractivity contribution in [2.24, 2.45) is 5.92 Å². The van der Waals surface area contributed by atoms with Gasteiger partial charge in [-0.3, -0.25) is 0 Å². The number of unbranched alkanes of at least 4 members (excludes halogenated alkanes) is 5. The van der Waals surface area contributed by atoms with Crippen LogP contribution in [0.1, 0.15) is 119 Å². The lowest BCUT2D eigenvalue weighted by molar-refractivity contribution is 0.308. The molecule has 1 aliphatic rings. The molecule has 0 nitrogen and oxygen atoms in total. The molecule has 2 aromatic rings. The lowest BCUT2D eigenvalue weighted by Crippen LogP contribution is -2.13. The molecule has 0 radical (unpaired) electrons. The maximum atomic E-state index is 14.4. The van der Waals surface area contributed by atoms with E-state index in [1.54, 1.807) is 6.08 Å². The van der Waals surface area contributed by atoms with Gasteiger partial charge in [-0.15, -0.1) is 0 Å². The third-order valence-corrected chi connectivity index (χ3v) is 7.56. The molecule has 180 valence electrons. The van der Waals surface area contributed by atoms with Gasteiger partial charge in [0, 0.05) is 5.56 Å². The predicted molar refractivity (Wildman–Crippen MR) is 142 cm³/mol. The zero-order chi connectivity index (χ0) is 23.3. The predicted octanol–water partition coefficient (Wildman–Crippen LogP) is 10.2. The maximum Gasteiger partial charge on any atom is 0.126 e. The molecule has 3 rings (SSSR count). The first-order valence-electron chi connectivity index (χ1n) is 13.7. The van der Waals surface area contributed by atoms with Gasteiger partial charge in [0.1, 0.15) is 5.83 Å². The van der Waals surface area contributed by atoms with Gasteiger partial charge in [0.15, 0.2) is 0 Å². The SMILES string of the molecule is CCCCCCC/C=C(/F)c1ccc(CCc2ccc(C3CCC(CCC)CC3)cc2)cc1. The maximum absolute atomic E-state index is 14.4. The monoisotopic (exact) mass is 448 g/mol. The Kier molecular flexibility index (Phi) is 11.2. The van der Waals surface area contributed by atoms with Gasteiger partial charge in [-0.1, -0.05) is 101 Å². The van der Waals surface area contributed by atoms with Crippen molar-refractivity contribution in [2.45, 2.75) is 110 Å². The van der Waals surface area contributed by atoms with E-state index in [9.17, 15) is 4.39 Å². The summed E-state index contributed by atoms with van der Waals surface area (Å²) in [5, 5.41) is 0. The molecule has 0 amide bonds. The summed E-state index contributed by atoms with van der Waals surface area (Å²) in [4.78, 5) is 0. The van der Waals surface area contributed by atoms with Gasteiger partial charge in [-0.05, 0) is 86.0 Å². The van der Waals surface area contributed by atoms with Crippen molar-refractivity contribution >= 4 is 5.83 Å². The first kappa shape index (κ1) is 25.7. The quantitative estimate of drug-likeness (QED) is 0.267. The Morgan fingerprint density at radius 2 is 1.36 bits per heavy atom. The number of benzene rings is 2. The summed E-state index contributed by atoms with van der Waals surface area (Å²) in [6, 6.07) is 17.4. The molecule has 0 heterocycles. The molecule has 2 aromatic carbocycles. The topological polar surface area (TPSA) is 0 Å². The van der Waals surface area contributed by atoms with Crippen LogP contribution < -0.4 is 0 Å². The zero-order valence-corrected chi connectivity index (χ0v) is 21.1. The molecule has 33 heavy (non-hydrogen) atoms. The number of rotatable bonds is 13. The molecule has 1 heteroatoms. The van der Waals surface area contributed by atoms with E-state index in [2.05, 4.69) is 50.2 Å². The van der Waals surface area contributed by atoms with Gasteiger partial charge in [-0.25, -0.2) is 4.39 Å². The van der Waals surface area contributed by atoms with Crippen molar-refractivity contribution in [2.75, 3.05) is 0 Å². The lowest BCUT2D eigenvalue weighted by Gasteiger charge is -2.28. The largest absolute Gasteiger partial charge is 0.207 e. The number of allylic oxidation sites excluding steroid dienone is 1. The van der Waals surface area contributed by atoms with Crippen LogP contribution in [0.4, 0.5) is 4.39 Å². The van der Waals surface area contributed by atoms with Gasteiger partial charge in [0.2, 0.25) is 0 Å². The van der Waals surface area contributed by atoms with E-state index < -0.39 is 0 Å². The summed E-state index contributed by atoms with van der Waals surface area (Å²) >= 11 is 0. The average Bonchev–Trinajstić information content (AvgIpc) is 2.86. The normalized spacial score (nSPS) is 19.1. The Hall–Kier alpha value is -1.89.